The van der Waals surface area contributed by atoms with Gasteiger partial charge < -0.3 is 9.79 Å². The molecule has 0 aromatic carbocycles. The quantitative estimate of drug-likeness (QED) is 0.619. The lowest BCUT2D eigenvalue weighted by atomic mass is 10.4. The van der Waals surface area contributed by atoms with Crippen molar-refractivity contribution in [2.75, 3.05) is 5.33 Å². The molecule has 3 nitrogen and oxygen atoms in total. The van der Waals surface area contributed by atoms with E-state index in [0.29, 0.717) is 6.42 Å². The highest BCUT2D eigenvalue weighted by atomic mass is 79.9. The Morgan fingerprint density at radius 1 is 1.60 bits per heavy atom. The number of hydrogen-bond acceptors (Lipinski definition) is 1. The molecular formula is C4H9Br2O3P. The Morgan fingerprint density at radius 3 is 2.00 bits per heavy atom. The van der Waals surface area contributed by atoms with Crippen molar-refractivity contribution in [1.82, 2.24) is 0 Å². The molecule has 0 fully saturated rings. The Kier molecular flexibility index (Phi) is 4.08. The molecule has 0 radical (unpaired) electrons. The largest absolute Gasteiger partial charge is 0.342 e. The first-order chi connectivity index (χ1) is 4.37. The van der Waals surface area contributed by atoms with Gasteiger partial charge in [0.25, 0.3) is 0 Å². The average Bonchev–Trinajstić information content (AvgIpc) is 1.84. The standard InChI is InChI=1S/C4H9Br2O3P/c1-2-4(6,3-5)10(7,8)9/h2-3H2,1H3,(H2,7,8,9). The maximum Gasteiger partial charge on any atom is 0.342 e. The molecule has 2 N–H and O–H groups in total. The monoisotopic (exact) mass is 294 g/mol. The van der Waals surface area contributed by atoms with Gasteiger partial charge in [-0.2, -0.15) is 0 Å². The summed E-state index contributed by atoms with van der Waals surface area (Å²) in [6.45, 7) is 1.72. The number of rotatable bonds is 3. The summed E-state index contributed by atoms with van der Waals surface area (Å²) in [5.74, 6) is 0. The summed E-state index contributed by atoms with van der Waals surface area (Å²) in [7, 11) is -4.02. The lowest BCUT2D eigenvalue weighted by molar-refractivity contribution is 0.355. The highest BCUT2D eigenvalue weighted by Gasteiger charge is 2.41. The minimum absolute atomic E-state index is 0.251. The molecule has 0 saturated heterocycles. The zero-order valence-corrected chi connectivity index (χ0v) is 9.49. The van der Waals surface area contributed by atoms with Gasteiger partial charge in [0.05, 0.1) is 0 Å². The fourth-order valence-corrected chi connectivity index (χ4v) is 2.32. The Morgan fingerprint density at radius 2 is 2.00 bits per heavy atom. The zero-order chi connectivity index (χ0) is 8.41. The van der Waals surface area contributed by atoms with Crippen LogP contribution >= 0.6 is 39.5 Å². The molecule has 6 heteroatoms. The summed E-state index contributed by atoms with van der Waals surface area (Å²) in [5, 5.41) is 0.251. The van der Waals surface area contributed by atoms with Gasteiger partial charge in [0.2, 0.25) is 0 Å². The van der Waals surface area contributed by atoms with Crippen molar-refractivity contribution in [2.24, 2.45) is 0 Å². The molecule has 0 aliphatic carbocycles. The molecule has 0 aromatic rings. The van der Waals surface area contributed by atoms with Crippen LogP contribution in [0.3, 0.4) is 0 Å². The second-order valence-corrected chi connectivity index (χ2v) is 6.58. The summed E-state index contributed by atoms with van der Waals surface area (Å²) in [6, 6.07) is 0. The first-order valence-electron chi connectivity index (χ1n) is 2.68. The van der Waals surface area contributed by atoms with E-state index in [1.165, 1.54) is 0 Å². The van der Waals surface area contributed by atoms with Gasteiger partial charge in [-0.15, -0.1) is 0 Å². The van der Waals surface area contributed by atoms with Crippen LogP contribution in [0, 0.1) is 0 Å². The van der Waals surface area contributed by atoms with Crippen LogP contribution in [-0.4, -0.2) is 19.2 Å². The summed E-state index contributed by atoms with van der Waals surface area (Å²) < 4.78 is 9.65. The van der Waals surface area contributed by atoms with Crippen molar-refractivity contribution in [2.45, 2.75) is 17.4 Å². The highest BCUT2D eigenvalue weighted by Crippen LogP contribution is 2.57. The first-order valence-corrected chi connectivity index (χ1v) is 6.20. The second-order valence-electron chi connectivity index (χ2n) is 1.95. The van der Waals surface area contributed by atoms with Crippen LogP contribution in [0.2, 0.25) is 0 Å². The van der Waals surface area contributed by atoms with E-state index in [1.54, 1.807) is 6.92 Å². The van der Waals surface area contributed by atoms with E-state index in [-0.39, 0.29) is 5.33 Å². The predicted octanol–water partition coefficient (Wildman–Crippen LogP) is 2.06. The van der Waals surface area contributed by atoms with Gasteiger partial charge in [-0.1, -0.05) is 38.8 Å². The topological polar surface area (TPSA) is 57.5 Å². The van der Waals surface area contributed by atoms with E-state index in [4.69, 9.17) is 9.79 Å². The maximum atomic E-state index is 10.7. The molecule has 1 unspecified atom stereocenters. The first kappa shape index (κ1) is 11.1. The van der Waals surface area contributed by atoms with Crippen molar-refractivity contribution in [1.29, 1.82) is 0 Å². The molecule has 0 aliphatic rings. The van der Waals surface area contributed by atoms with Gasteiger partial charge in [-0.05, 0) is 6.42 Å². The lowest BCUT2D eigenvalue weighted by Crippen LogP contribution is -2.21. The zero-order valence-electron chi connectivity index (χ0n) is 5.42. The third kappa shape index (κ3) is 2.31. The smallest absolute Gasteiger partial charge is 0.323 e. The Bertz CT molecular complexity index is 151. The van der Waals surface area contributed by atoms with Crippen molar-refractivity contribution in [3.63, 3.8) is 0 Å². The van der Waals surface area contributed by atoms with Crippen LogP contribution in [0.25, 0.3) is 0 Å². The van der Waals surface area contributed by atoms with Crippen LogP contribution in [-0.2, 0) is 4.57 Å². The summed E-state index contributed by atoms with van der Waals surface area (Å²) >= 11 is 6.02. The minimum atomic E-state index is -4.02. The fraction of sp³-hybridized carbons (Fsp3) is 1.00. The molecular weight excluding hydrogens is 287 g/mol. The van der Waals surface area contributed by atoms with Gasteiger partial charge in [0.1, 0.15) is 4.07 Å². The van der Waals surface area contributed by atoms with Crippen LogP contribution in [0.5, 0.6) is 0 Å². The van der Waals surface area contributed by atoms with Crippen molar-refractivity contribution >= 4 is 39.5 Å². The Hall–Kier alpha value is 1.11. The van der Waals surface area contributed by atoms with Crippen LogP contribution in [0.15, 0.2) is 0 Å². The number of halogens is 2. The predicted molar refractivity (Wildman–Crippen MR) is 47.8 cm³/mol. The fourth-order valence-electron chi connectivity index (χ4n) is 0.378. The van der Waals surface area contributed by atoms with E-state index in [0.717, 1.165) is 0 Å². The third-order valence-electron chi connectivity index (χ3n) is 1.27. The van der Waals surface area contributed by atoms with E-state index in [9.17, 15) is 4.57 Å². The van der Waals surface area contributed by atoms with E-state index >= 15 is 0 Å². The lowest BCUT2D eigenvalue weighted by Gasteiger charge is -2.23. The molecule has 0 spiro atoms. The molecule has 0 saturated carbocycles. The van der Waals surface area contributed by atoms with E-state index < -0.39 is 11.7 Å². The minimum Gasteiger partial charge on any atom is -0.323 e. The molecule has 0 amide bonds. The SMILES string of the molecule is CCC(Br)(CBr)P(=O)(O)O. The van der Waals surface area contributed by atoms with Gasteiger partial charge in [-0.25, -0.2) is 0 Å². The summed E-state index contributed by atoms with van der Waals surface area (Å²) in [6.07, 6.45) is 0.391. The average molecular weight is 296 g/mol. The van der Waals surface area contributed by atoms with Crippen molar-refractivity contribution in [3.8, 4) is 0 Å². The molecule has 0 rings (SSSR count). The molecule has 0 bridgehead atoms. The summed E-state index contributed by atoms with van der Waals surface area (Å²) in [5.41, 5.74) is 0. The van der Waals surface area contributed by atoms with Gasteiger partial charge in [0.15, 0.2) is 0 Å². The molecule has 62 valence electrons. The van der Waals surface area contributed by atoms with Crippen molar-refractivity contribution in [3.05, 3.63) is 0 Å². The third-order valence-corrected chi connectivity index (χ3v) is 7.16. The van der Waals surface area contributed by atoms with E-state index in [1.807, 2.05) is 0 Å². The van der Waals surface area contributed by atoms with E-state index in [2.05, 4.69) is 31.9 Å². The molecule has 0 heterocycles. The molecule has 10 heavy (non-hydrogen) atoms. The number of alkyl halides is 2. The summed E-state index contributed by atoms with van der Waals surface area (Å²) in [4.78, 5) is 17.5. The maximum absolute atomic E-state index is 10.7. The normalized spacial score (nSPS) is 18.5. The Labute approximate surface area is 76.6 Å². The van der Waals surface area contributed by atoms with Gasteiger partial charge in [-0.3, -0.25) is 4.57 Å². The molecule has 1 atom stereocenters. The van der Waals surface area contributed by atoms with Gasteiger partial charge in [0, 0.05) is 5.33 Å². The highest BCUT2D eigenvalue weighted by molar-refractivity contribution is 9.13. The van der Waals surface area contributed by atoms with Crippen LogP contribution < -0.4 is 0 Å². The van der Waals surface area contributed by atoms with Gasteiger partial charge >= 0.3 is 7.60 Å². The number of hydrogen-bond donors (Lipinski definition) is 2. The molecule has 0 aromatic heterocycles. The Balaban J connectivity index is 4.50. The second kappa shape index (κ2) is 3.68. The van der Waals surface area contributed by atoms with Crippen LogP contribution in [0.4, 0.5) is 0 Å². The van der Waals surface area contributed by atoms with Crippen molar-refractivity contribution < 1.29 is 14.4 Å². The molecule has 0 aliphatic heterocycles. The van der Waals surface area contributed by atoms with Crippen LogP contribution in [0.1, 0.15) is 13.3 Å².